The summed E-state index contributed by atoms with van der Waals surface area (Å²) in [5, 5.41) is 4.30. The Kier molecular flexibility index (Phi) is 4.74. The Morgan fingerprint density at radius 1 is 1.23 bits per heavy atom. The van der Waals surface area contributed by atoms with Crippen LogP contribution in [0, 0.1) is 5.82 Å². The van der Waals surface area contributed by atoms with Gasteiger partial charge in [-0.3, -0.25) is 0 Å². The van der Waals surface area contributed by atoms with Gasteiger partial charge in [-0.25, -0.2) is 18.9 Å². The second kappa shape index (κ2) is 7.56. The standard InChI is InChI=1S/C21H16BrFN4O3/c1-28-19-3-2-13(7-24-19)18-11-29-17-6-12(5-16(23)20(17)30-18)4-14-8-26-27-10-15(22)9-25-21(14)27/h2-3,5-10,18H,4,11H2,1H3. The molecule has 1 unspecified atom stereocenters. The maximum Gasteiger partial charge on any atom is 0.212 e. The fourth-order valence-electron chi connectivity index (χ4n) is 3.40. The Balaban J connectivity index is 1.39. The molecule has 4 aromatic rings. The van der Waals surface area contributed by atoms with Crippen LogP contribution in [0.15, 0.2) is 53.5 Å². The first-order chi connectivity index (χ1) is 14.6. The fraction of sp³-hybridized carbons (Fsp3) is 0.190. The maximum absolute atomic E-state index is 14.9. The third-order valence-electron chi connectivity index (χ3n) is 4.85. The number of benzene rings is 1. The quantitative estimate of drug-likeness (QED) is 0.446. The van der Waals surface area contributed by atoms with E-state index in [4.69, 9.17) is 14.2 Å². The highest BCUT2D eigenvalue weighted by Gasteiger charge is 2.26. The smallest absolute Gasteiger partial charge is 0.212 e. The van der Waals surface area contributed by atoms with Gasteiger partial charge in [0.05, 0.1) is 17.8 Å². The molecule has 1 aliphatic heterocycles. The van der Waals surface area contributed by atoms with Crippen LogP contribution in [-0.2, 0) is 6.42 Å². The summed E-state index contributed by atoms with van der Waals surface area (Å²) >= 11 is 3.37. The number of pyridine rings is 1. The molecule has 30 heavy (non-hydrogen) atoms. The Hall–Kier alpha value is -3.20. The van der Waals surface area contributed by atoms with E-state index in [0.717, 1.165) is 26.8 Å². The van der Waals surface area contributed by atoms with Gasteiger partial charge < -0.3 is 14.2 Å². The predicted molar refractivity (Wildman–Crippen MR) is 110 cm³/mol. The number of methoxy groups -OCH3 is 1. The summed E-state index contributed by atoms with van der Waals surface area (Å²) in [4.78, 5) is 8.56. The van der Waals surface area contributed by atoms with Crippen molar-refractivity contribution in [3.63, 3.8) is 0 Å². The molecule has 0 fully saturated rings. The molecule has 1 aliphatic rings. The topological polar surface area (TPSA) is 70.8 Å². The van der Waals surface area contributed by atoms with E-state index in [1.165, 1.54) is 6.07 Å². The zero-order valence-corrected chi connectivity index (χ0v) is 17.5. The van der Waals surface area contributed by atoms with Crippen molar-refractivity contribution in [2.45, 2.75) is 12.5 Å². The minimum atomic E-state index is -0.471. The van der Waals surface area contributed by atoms with Crippen LogP contribution in [0.25, 0.3) is 5.65 Å². The third-order valence-corrected chi connectivity index (χ3v) is 5.26. The van der Waals surface area contributed by atoms with E-state index in [2.05, 4.69) is 31.0 Å². The number of rotatable bonds is 4. The van der Waals surface area contributed by atoms with Gasteiger partial charge in [-0.2, -0.15) is 5.10 Å². The first-order valence-electron chi connectivity index (χ1n) is 9.20. The molecule has 3 aromatic heterocycles. The highest BCUT2D eigenvalue weighted by molar-refractivity contribution is 9.10. The summed E-state index contributed by atoms with van der Waals surface area (Å²) in [7, 11) is 1.55. The minimum absolute atomic E-state index is 0.104. The third kappa shape index (κ3) is 3.45. The van der Waals surface area contributed by atoms with Gasteiger partial charge in [0.15, 0.2) is 29.1 Å². The van der Waals surface area contributed by atoms with Gasteiger partial charge in [0, 0.05) is 42.2 Å². The first-order valence-corrected chi connectivity index (χ1v) is 9.99. The van der Waals surface area contributed by atoms with Gasteiger partial charge >= 0.3 is 0 Å². The van der Waals surface area contributed by atoms with Crippen molar-refractivity contribution in [3.8, 4) is 17.4 Å². The molecular weight excluding hydrogens is 455 g/mol. The van der Waals surface area contributed by atoms with Crippen molar-refractivity contribution < 1.29 is 18.6 Å². The molecule has 0 spiro atoms. The molecule has 4 heterocycles. The Morgan fingerprint density at radius 3 is 2.93 bits per heavy atom. The van der Waals surface area contributed by atoms with Crippen LogP contribution >= 0.6 is 15.9 Å². The van der Waals surface area contributed by atoms with Gasteiger partial charge in [-0.1, -0.05) is 0 Å². The lowest BCUT2D eigenvalue weighted by atomic mass is 10.1. The Labute approximate surface area is 179 Å². The zero-order valence-electron chi connectivity index (χ0n) is 15.9. The molecular formula is C21H16BrFN4O3. The SMILES string of the molecule is COc1ccc(C2COc3cc(Cc4cnn5cc(Br)cnc45)cc(F)c3O2)cn1. The van der Waals surface area contributed by atoms with E-state index in [9.17, 15) is 4.39 Å². The van der Waals surface area contributed by atoms with Crippen molar-refractivity contribution >= 4 is 21.6 Å². The Morgan fingerprint density at radius 2 is 2.13 bits per heavy atom. The van der Waals surface area contributed by atoms with Crippen molar-refractivity contribution in [3.05, 3.63) is 76.0 Å². The van der Waals surface area contributed by atoms with Crippen LogP contribution in [0.5, 0.6) is 17.4 Å². The van der Waals surface area contributed by atoms with Gasteiger partial charge in [0.2, 0.25) is 5.88 Å². The summed E-state index contributed by atoms with van der Waals surface area (Å²) in [5.41, 5.74) is 3.15. The van der Waals surface area contributed by atoms with Crippen LogP contribution in [0.2, 0.25) is 0 Å². The molecule has 7 nitrogen and oxygen atoms in total. The van der Waals surface area contributed by atoms with Crippen molar-refractivity contribution in [2.75, 3.05) is 13.7 Å². The van der Waals surface area contributed by atoms with Crippen molar-refractivity contribution in [2.24, 2.45) is 0 Å². The summed E-state index contributed by atoms with van der Waals surface area (Å²) in [6, 6.07) is 6.81. The van der Waals surface area contributed by atoms with Crippen molar-refractivity contribution in [1.29, 1.82) is 0 Å². The van der Waals surface area contributed by atoms with Gasteiger partial charge in [-0.05, 0) is 39.7 Å². The normalized spacial score (nSPS) is 15.4. The average molecular weight is 471 g/mol. The number of aromatic nitrogens is 4. The molecule has 5 rings (SSSR count). The highest BCUT2D eigenvalue weighted by atomic mass is 79.9. The Bertz CT molecular complexity index is 1230. The van der Waals surface area contributed by atoms with E-state index in [1.54, 1.807) is 42.3 Å². The summed E-state index contributed by atoms with van der Waals surface area (Å²) in [5.74, 6) is 0.518. The van der Waals surface area contributed by atoms with E-state index in [-0.39, 0.29) is 12.4 Å². The summed E-state index contributed by atoms with van der Waals surface area (Å²) in [6.45, 7) is 0.260. The van der Waals surface area contributed by atoms with Gasteiger partial charge in [0.1, 0.15) is 6.61 Å². The first kappa shape index (κ1) is 18.8. The highest BCUT2D eigenvalue weighted by Crippen LogP contribution is 2.40. The molecule has 1 aromatic carbocycles. The molecule has 0 amide bonds. The lowest BCUT2D eigenvalue weighted by Crippen LogP contribution is -2.22. The average Bonchev–Trinajstić information content (AvgIpc) is 3.15. The van der Waals surface area contributed by atoms with Crippen molar-refractivity contribution in [1.82, 2.24) is 19.6 Å². The molecule has 0 bridgehead atoms. The van der Waals surface area contributed by atoms with E-state index < -0.39 is 11.9 Å². The second-order valence-electron chi connectivity index (χ2n) is 6.84. The molecule has 0 N–H and O–H groups in total. The van der Waals surface area contributed by atoms with Crippen LogP contribution in [-0.4, -0.2) is 33.3 Å². The van der Waals surface area contributed by atoms with Crippen LogP contribution in [0.3, 0.4) is 0 Å². The van der Waals surface area contributed by atoms with Crippen LogP contribution in [0.1, 0.15) is 22.8 Å². The summed E-state index contributed by atoms with van der Waals surface area (Å²) < 4.78 is 34.1. The second-order valence-corrected chi connectivity index (χ2v) is 7.76. The molecule has 152 valence electrons. The van der Waals surface area contributed by atoms with Gasteiger partial charge in [0.25, 0.3) is 0 Å². The van der Waals surface area contributed by atoms with Gasteiger partial charge in [-0.15, -0.1) is 0 Å². The monoisotopic (exact) mass is 470 g/mol. The number of hydrogen-bond acceptors (Lipinski definition) is 6. The molecule has 0 radical (unpaired) electrons. The summed E-state index contributed by atoms with van der Waals surface area (Å²) in [6.07, 6.45) is 6.93. The largest absolute Gasteiger partial charge is 0.485 e. The maximum atomic E-state index is 14.9. The molecule has 0 saturated heterocycles. The van der Waals surface area contributed by atoms with E-state index >= 15 is 0 Å². The lowest BCUT2D eigenvalue weighted by Gasteiger charge is -2.27. The minimum Gasteiger partial charge on any atom is -0.485 e. The van der Waals surface area contributed by atoms with Crippen LogP contribution < -0.4 is 14.2 Å². The number of ether oxygens (including phenoxy) is 3. The number of halogens is 2. The fourth-order valence-corrected chi connectivity index (χ4v) is 3.70. The molecule has 0 aliphatic carbocycles. The number of hydrogen-bond donors (Lipinski definition) is 0. The molecule has 9 heteroatoms. The number of fused-ring (bicyclic) bond motifs is 2. The zero-order chi connectivity index (χ0) is 20.7. The van der Waals surface area contributed by atoms with E-state index in [1.807, 2.05) is 12.3 Å². The number of nitrogens with zero attached hydrogens (tertiary/aromatic N) is 4. The van der Waals surface area contributed by atoms with E-state index in [0.29, 0.717) is 18.1 Å². The molecule has 0 saturated carbocycles. The molecule has 1 atom stereocenters. The van der Waals surface area contributed by atoms with Crippen LogP contribution in [0.4, 0.5) is 4.39 Å². The predicted octanol–water partition coefficient (Wildman–Crippen LogP) is 4.14. The lowest BCUT2D eigenvalue weighted by molar-refractivity contribution is 0.0853.